The molecule has 3 aromatic rings. The summed E-state index contributed by atoms with van der Waals surface area (Å²) in [5.74, 6) is 0.782. The largest absolute Gasteiger partial charge is 0.338 e. The minimum atomic E-state index is 0.715. The van der Waals surface area contributed by atoms with Gasteiger partial charge in [0, 0.05) is 18.9 Å². The van der Waals surface area contributed by atoms with Crippen LogP contribution < -0.4 is 11.1 Å². The van der Waals surface area contributed by atoms with Crippen molar-refractivity contribution in [2.45, 2.75) is 12.8 Å². The van der Waals surface area contributed by atoms with Gasteiger partial charge in [0.25, 0.3) is 0 Å². The molecule has 1 aromatic carbocycles. The second kappa shape index (κ2) is 5.93. The summed E-state index contributed by atoms with van der Waals surface area (Å²) in [4.78, 5) is 8.81. The fourth-order valence-corrected chi connectivity index (χ4v) is 2.40. The number of aromatic nitrogens is 3. The average molecular weight is 281 g/mol. The van der Waals surface area contributed by atoms with Gasteiger partial charge in [-0.2, -0.15) is 0 Å². The molecule has 2 aromatic heterocycles. The van der Waals surface area contributed by atoms with Gasteiger partial charge in [-0.05, 0) is 43.1 Å². The predicted molar refractivity (Wildman–Crippen MR) is 85.6 cm³/mol. The minimum absolute atomic E-state index is 0.715. The summed E-state index contributed by atoms with van der Waals surface area (Å²) < 4.78 is 1.99. The summed E-state index contributed by atoms with van der Waals surface area (Å²) in [7, 11) is 1.98. The number of rotatable bonds is 5. The Balaban J connectivity index is 1.88. The zero-order chi connectivity index (χ0) is 14.7. The number of nitrogens with two attached hydrogens (primary N) is 1. The Morgan fingerprint density at radius 3 is 3.00 bits per heavy atom. The van der Waals surface area contributed by atoms with E-state index in [2.05, 4.69) is 27.4 Å². The Bertz CT molecular complexity index is 747. The number of nitrogens with one attached hydrogen (secondary N) is 1. The first-order valence-corrected chi connectivity index (χ1v) is 7.10. The lowest BCUT2D eigenvalue weighted by molar-refractivity contribution is 0.833. The van der Waals surface area contributed by atoms with Crippen molar-refractivity contribution in [3.8, 4) is 0 Å². The third-order valence-electron chi connectivity index (χ3n) is 3.50. The lowest BCUT2D eigenvalue weighted by Crippen LogP contribution is -2.01. The molecule has 108 valence electrons. The van der Waals surface area contributed by atoms with Crippen LogP contribution in [-0.4, -0.2) is 21.1 Å². The molecule has 0 aliphatic heterocycles. The van der Waals surface area contributed by atoms with Gasteiger partial charge in [-0.1, -0.05) is 12.1 Å². The van der Waals surface area contributed by atoms with Crippen LogP contribution in [0.15, 0.2) is 42.9 Å². The van der Waals surface area contributed by atoms with Gasteiger partial charge in [0.1, 0.15) is 5.52 Å². The van der Waals surface area contributed by atoms with E-state index in [1.807, 2.05) is 29.8 Å². The minimum Gasteiger partial charge on any atom is -0.338 e. The number of fused-ring (bicyclic) bond motifs is 1. The zero-order valence-corrected chi connectivity index (χ0v) is 12.1. The summed E-state index contributed by atoms with van der Waals surface area (Å²) in [6.45, 7) is 0.715. The van der Waals surface area contributed by atoms with Crippen LogP contribution in [0, 0.1) is 0 Å². The van der Waals surface area contributed by atoms with Gasteiger partial charge >= 0.3 is 0 Å². The Hall–Kier alpha value is -2.40. The molecule has 0 unspecified atom stereocenters. The summed E-state index contributed by atoms with van der Waals surface area (Å²) in [6.07, 6.45) is 5.59. The second-order valence-corrected chi connectivity index (χ2v) is 5.10. The quantitative estimate of drug-likeness (QED) is 0.754. The van der Waals surface area contributed by atoms with E-state index in [-0.39, 0.29) is 0 Å². The molecule has 2 heterocycles. The monoisotopic (exact) mass is 281 g/mol. The van der Waals surface area contributed by atoms with E-state index in [1.54, 1.807) is 12.5 Å². The normalized spacial score (nSPS) is 11.0. The zero-order valence-electron chi connectivity index (χ0n) is 12.1. The van der Waals surface area contributed by atoms with Crippen LogP contribution in [-0.2, 0) is 13.5 Å². The highest BCUT2D eigenvalue weighted by atomic mass is 15.1. The molecule has 5 heteroatoms. The maximum Gasteiger partial charge on any atom is 0.158 e. The molecule has 5 nitrogen and oxygen atoms in total. The number of aryl methyl sites for hydroxylation is 2. The molecule has 0 saturated heterocycles. The molecule has 0 aliphatic carbocycles. The van der Waals surface area contributed by atoms with E-state index in [4.69, 9.17) is 5.73 Å². The number of hydrogen-bond acceptors (Lipinski definition) is 4. The third-order valence-corrected chi connectivity index (χ3v) is 3.50. The van der Waals surface area contributed by atoms with Gasteiger partial charge < -0.3 is 15.6 Å². The number of pyridine rings is 1. The predicted octanol–water partition coefficient (Wildman–Crippen LogP) is 2.60. The smallest absolute Gasteiger partial charge is 0.158 e. The highest BCUT2D eigenvalue weighted by molar-refractivity contribution is 5.87. The first-order chi connectivity index (χ1) is 10.3. The molecule has 0 spiro atoms. The molecule has 0 saturated carbocycles. The Morgan fingerprint density at radius 2 is 2.14 bits per heavy atom. The van der Waals surface area contributed by atoms with Gasteiger partial charge in [0.2, 0.25) is 0 Å². The number of benzene rings is 1. The summed E-state index contributed by atoms with van der Waals surface area (Å²) in [5.41, 5.74) is 9.81. The third kappa shape index (κ3) is 2.87. The standard InChI is InChI=1S/C16H19N5/c1-21-11-19-15-14(21)7-9-18-16(15)20-13-6-2-4-12(10-13)5-3-8-17/h2,4,6-7,9-11H,3,5,8,17H2,1H3,(H,18,20). The Labute approximate surface area is 123 Å². The number of anilines is 2. The van der Waals surface area contributed by atoms with Crippen molar-refractivity contribution in [1.29, 1.82) is 0 Å². The number of imidazole rings is 1. The highest BCUT2D eigenvalue weighted by Gasteiger charge is 2.07. The van der Waals surface area contributed by atoms with Crippen LogP contribution in [0.1, 0.15) is 12.0 Å². The average Bonchev–Trinajstić information content (AvgIpc) is 2.88. The first kappa shape index (κ1) is 13.6. The summed E-state index contributed by atoms with van der Waals surface area (Å²) >= 11 is 0. The van der Waals surface area contributed by atoms with Crippen LogP contribution in [0.25, 0.3) is 11.0 Å². The highest BCUT2D eigenvalue weighted by Crippen LogP contribution is 2.23. The molecule has 0 radical (unpaired) electrons. The van der Waals surface area contributed by atoms with Gasteiger partial charge in [0.15, 0.2) is 5.82 Å². The van der Waals surface area contributed by atoms with Crippen LogP contribution in [0.3, 0.4) is 0 Å². The Kier molecular flexibility index (Phi) is 3.83. The maximum atomic E-state index is 5.57. The topological polar surface area (TPSA) is 68.8 Å². The lowest BCUT2D eigenvalue weighted by atomic mass is 10.1. The van der Waals surface area contributed by atoms with E-state index in [1.165, 1.54) is 5.56 Å². The molecule has 0 bridgehead atoms. The van der Waals surface area contributed by atoms with Crippen LogP contribution in [0.4, 0.5) is 11.5 Å². The number of hydrogen-bond donors (Lipinski definition) is 2. The fraction of sp³-hybridized carbons (Fsp3) is 0.250. The van der Waals surface area contributed by atoms with Crippen molar-refractivity contribution >= 4 is 22.5 Å². The van der Waals surface area contributed by atoms with Crippen LogP contribution in [0.5, 0.6) is 0 Å². The second-order valence-electron chi connectivity index (χ2n) is 5.10. The van der Waals surface area contributed by atoms with Crippen molar-refractivity contribution in [2.24, 2.45) is 12.8 Å². The number of nitrogens with zero attached hydrogens (tertiary/aromatic N) is 3. The van der Waals surface area contributed by atoms with Crippen molar-refractivity contribution in [2.75, 3.05) is 11.9 Å². The van der Waals surface area contributed by atoms with Crippen molar-refractivity contribution in [3.63, 3.8) is 0 Å². The molecular weight excluding hydrogens is 262 g/mol. The Morgan fingerprint density at radius 1 is 1.24 bits per heavy atom. The summed E-state index contributed by atoms with van der Waals surface area (Å²) in [5, 5.41) is 3.36. The van der Waals surface area contributed by atoms with Gasteiger partial charge in [-0.15, -0.1) is 0 Å². The fourth-order valence-electron chi connectivity index (χ4n) is 2.40. The van der Waals surface area contributed by atoms with E-state index >= 15 is 0 Å². The molecule has 21 heavy (non-hydrogen) atoms. The van der Waals surface area contributed by atoms with E-state index in [0.29, 0.717) is 6.54 Å². The van der Waals surface area contributed by atoms with E-state index in [9.17, 15) is 0 Å². The summed E-state index contributed by atoms with van der Waals surface area (Å²) in [6, 6.07) is 10.3. The van der Waals surface area contributed by atoms with Crippen molar-refractivity contribution < 1.29 is 0 Å². The molecule has 0 amide bonds. The van der Waals surface area contributed by atoms with Crippen molar-refractivity contribution in [1.82, 2.24) is 14.5 Å². The molecule has 0 fully saturated rings. The van der Waals surface area contributed by atoms with Crippen molar-refractivity contribution in [3.05, 3.63) is 48.4 Å². The maximum absolute atomic E-state index is 5.57. The lowest BCUT2D eigenvalue weighted by Gasteiger charge is -2.08. The van der Waals surface area contributed by atoms with Crippen LogP contribution in [0.2, 0.25) is 0 Å². The van der Waals surface area contributed by atoms with Gasteiger partial charge in [-0.3, -0.25) is 0 Å². The van der Waals surface area contributed by atoms with Crippen LogP contribution >= 0.6 is 0 Å². The first-order valence-electron chi connectivity index (χ1n) is 7.10. The van der Waals surface area contributed by atoms with E-state index < -0.39 is 0 Å². The molecular formula is C16H19N5. The molecule has 0 atom stereocenters. The molecule has 3 N–H and O–H groups in total. The van der Waals surface area contributed by atoms with E-state index in [0.717, 1.165) is 35.4 Å². The molecule has 0 aliphatic rings. The molecule has 3 rings (SSSR count). The SMILES string of the molecule is Cn1cnc2c(Nc3cccc(CCCN)c3)nccc21. The van der Waals surface area contributed by atoms with Gasteiger partial charge in [-0.25, -0.2) is 9.97 Å². The van der Waals surface area contributed by atoms with Gasteiger partial charge in [0.05, 0.1) is 11.8 Å².